The highest BCUT2D eigenvalue weighted by molar-refractivity contribution is 5.74. The third-order valence-electron chi connectivity index (χ3n) is 4.13. The Morgan fingerprint density at radius 1 is 1.50 bits per heavy atom. The molecule has 118 valence electrons. The van der Waals surface area contributed by atoms with Gasteiger partial charge in [-0.05, 0) is 33.1 Å². The molecule has 1 saturated heterocycles. The van der Waals surface area contributed by atoms with Crippen LogP contribution >= 0.6 is 0 Å². The van der Waals surface area contributed by atoms with Crippen LogP contribution in [0.4, 0.5) is 4.79 Å². The van der Waals surface area contributed by atoms with Crippen molar-refractivity contribution in [1.29, 1.82) is 0 Å². The van der Waals surface area contributed by atoms with Gasteiger partial charge in [-0.3, -0.25) is 5.10 Å². The molecule has 0 unspecified atom stereocenters. The summed E-state index contributed by atoms with van der Waals surface area (Å²) in [6.07, 6.45) is 6.76. The molecule has 1 fully saturated rings. The lowest BCUT2D eigenvalue weighted by Gasteiger charge is -2.35. The number of carbonyl (C=O) groups is 1. The van der Waals surface area contributed by atoms with Gasteiger partial charge in [0.05, 0.1) is 24.5 Å². The molecule has 1 atom stereocenters. The Bertz CT molecular complexity index is 615. The van der Waals surface area contributed by atoms with Gasteiger partial charge in [0.25, 0.3) is 0 Å². The minimum atomic E-state index is -0.0839. The normalized spacial score (nSPS) is 18.5. The fourth-order valence-corrected chi connectivity index (χ4v) is 2.83. The van der Waals surface area contributed by atoms with Crippen molar-refractivity contribution < 1.29 is 9.21 Å². The average Bonchev–Trinajstić information content (AvgIpc) is 3.16. The number of aryl methyl sites for hydroxylation is 2. The Morgan fingerprint density at radius 3 is 3.05 bits per heavy atom. The number of amides is 2. The molecule has 2 aromatic heterocycles. The number of hydrogen-bond donors (Lipinski definition) is 2. The summed E-state index contributed by atoms with van der Waals surface area (Å²) in [4.78, 5) is 18.6. The fraction of sp³-hybridized carbons (Fsp3) is 0.533. The Hall–Kier alpha value is -2.31. The van der Waals surface area contributed by atoms with Crippen molar-refractivity contribution in [2.45, 2.75) is 45.7 Å². The van der Waals surface area contributed by atoms with Gasteiger partial charge in [0.2, 0.25) is 5.89 Å². The average molecular weight is 303 g/mol. The summed E-state index contributed by atoms with van der Waals surface area (Å²) in [5, 5.41) is 9.71. The number of piperidine rings is 1. The summed E-state index contributed by atoms with van der Waals surface area (Å²) in [5.41, 5.74) is 1.91. The molecule has 1 aliphatic heterocycles. The zero-order chi connectivity index (χ0) is 15.5. The number of rotatable bonds is 3. The molecule has 3 rings (SSSR count). The molecule has 0 aromatic carbocycles. The van der Waals surface area contributed by atoms with Crippen molar-refractivity contribution in [2.75, 3.05) is 6.54 Å². The highest BCUT2D eigenvalue weighted by atomic mass is 16.4. The highest BCUT2D eigenvalue weighted by Gasteiger charge is 2.28. The molecular weight excluding hydrogens is 282 g/mol. The maximum atomic E-state index is 12.5. The van der Waals surface area contributed by atoms with E-state index in [9.17, 15) is 4.79 Å². The largest absolute Gasteiger partial charge is 0.444 e. The first-order valence-corrected chi connectivity index (χ1v) is 7.61. The number of urea groups is 1. The van der Waals surface area contributed by atoms with E-state index >= 15 is 0 Å². The third-order valence-corrected chi connectivity index (χ3v) is 4.13. The lowest BCUT2D eigenvalue weighted by Crippen LogP contribution is -2.44. The number of nitrogens with one attached hydrogen (secondary N) is 2. The smallest absolute Gasteiger partial charge is 0.318 e. The molecule has 22 heavy (non-hydrogen) atoms. The summed E-state index contributed by atoms with van der Waals surface area (Å²) in [5.74, 6) is 1.33. The van der Waals surface area contributed by atoms with Crippen LogP contribution in [-0.4, -0.2) is 32.7 Å². The molecule has 2 aromatic rings. The first-order chi connectivity index (χ1) is 10.6. The van der Waals surface area contributed by atoms with Crippen LogP contribution in [0.5, 0.6) is 0 Å². The van der Waals surface area contributed by atoms with Crippen molar-refractivity contribution >= 4 is 6.03 Å². The van der Waals surface area contributed by atoms with E-state index in [1.165, 1.54) is 0 Å². The Kier molecular flexibility index (Phi) is 4.13. The summed E-state index contributed by atoms with van der Waals surface area (Å²) >= 11 is 0. The Balaban J connectivity index is 1.64. The maximum absolute atomic E-state index is 12.5. The van der Waals surface area contributed by atoms with Gasteiger partial charge >= 0.3 is 6.03 Å². The molecule has 1 aliphatic rings. The number of aromatic nitrogens is 3. The monoisotopic (exact) mass is 303 g/mol. The van der Waals surface area contributed by atoms with Gasteiger partial charge in [-0.1, -0.05) is 0 Å². The number of nitrogens with zero attached hydrogens (tertiary/aromatic N) is 3. The number of carbonyl (C=O) groups excluding carboxylic acids is 1. The van der Waals surface area contributed by atoms with Crippen molar-refractivity contribution in [3.8, 4) is 0 Å². The van der Waals surface area contributed by atoms with Crippen LogP contribution in [0.15, 0.2) is 16.8 Å². The number of oxazole rings is 1. The second kappa shape index (κ2) is 6.21. The van der Waals surface area contributed by atoms with E-state index in [4.69, 9.17) is 4.42 Å². The first-order valence-electron chi connectivity index (χ1n) is 7.61. The van der Waals surface area contributed by atoms with E-state index in [0.717, 1.165) is 42.8 Å². The second-order valence-electron chi connectivity index (χ2n) is 5.64. The van der Waals surface area contributed by atoms with Crippen LogP contribution in [0, 0.1) is 13.8 Å². The molecule has 0 bridgehead atoms. The minimum Gasteiger partial charge on any atom is -0.444 e. The topological polar surface area (TPSA) is 87.0 Å². The molecule has 0 spiro atoms. The summed E-state index contributed by atoms with van der Waals surface area (Å²) < 4.78 is 5.49. The van der Waals surface area contributed by atoms with Gasteiger partial charge in [-0.2, -0.15) is 5.10 Å². The molecule has 2 amide bonds. The summed E-state index contributed by atoms with van der Waals surface area (Å²) in [6.45, 7) is 4.82. The molecule has 3 heterocycles. The number of hydrogen-bond acceptors (Lipinski definition) is 4. The van der Waals surface area contributed by atoms with E-state index in [1.807, 2.05) is 24.9 Å². The zero-order valence-corrected chi connectivity index (χ0v) is 12.9. The molecule has 7 heteroatoms. The van der Waals surface area contributed by atoms with Crippen molar-refractivity contribution in [3.05, 3.63) is 35.3 Å². The van der Waals surface area contributed by atoms with Crippen molar-refractivity contribution in [1.82, 2.24) is 25.4 Å². The molecular formula is C15H21N5O2. The van der Waals surface area contributed by atoms with Gasteiger partial charge < -0.3 is 14.6 Å². The van der Waals surface area contributed by atoms with E-state index in [1.54, 1.807) is 6.20 Å². The Morgan fingerprint density at radius 2 is 2.36 bits per heavy atom. The molecule has 0 radical (unpaired) electrons. The van der Waals surface area contributed by atoms with Crippen LogP contribution in [-0.2, 0) is 6.54 Å². The predicted octanol–water partition coefficient (Wildman–Crippen LogP) is 2.45. The van der Waals surface area contributed by atoms with Gasteiger partial charge in [0.15, 0.2) is 0 Å². The second-order valence-corrected chi connectivity index (χ2v) is 5.64. The standard InChI is InChI=1S/C15H21N5O2/c1-10-11(2)22-14(19-10)9-16-15(21)20-6-4-3-5-13(20)12-7-17-18-8-12/h7-8,13H,3-6,9H2,1-2H3,(H,16,21)(H,17,18)/t13-/m0/s1. The lowest BCUT2D eigenvalue weighted by molar-refractivity contribution is 0.150. The fourth-order valence-electron chi connectivity index (χ4n) is 2.83. The van der Waals surface area contributed by atoms with Crippen molar-refractivity contribution in [3.63, 3.8) is 0 Å². The van der Waals surface area contributed by atoms with Crippen molar-refractivity contribution in [2.24, 2.45) is 0 Å². The highest BCUT2D eigenvalue weighted by Crippen LogP contribution is 2.30. The van der Waals surface area contributed by atoms with Crippen LogP contribution in [0.25, 0.3) is 0 Å². The maximum Gasteiger partial charge on any atom is 0.318 e. The first kappa shape index (κ1) is 14.6. The quantitative estimate of drug-likeness (QED) is 0.911. The molecule has 0 aliphatic carbocycles. The van der Waals surface area contributed by atoms with Gasteiger partial charge in [0.1, 0.15) is 5.76 Å². The molecule has 0 saturated carbocycles. The SMILES string of the molecule is Cc1nc(CNC(=O)N2CCCC[C@H]2c2cn[nH]c2)oc1C. The minimum absolute atomic E-state index is 0.0838. The summed E-state index contributed by atoms with van der Waals surface area (Å²) in [7, 11) is 0. The summed E-state index contributed by atoms with van der Waals surface area (Å²) in [6, 6.07) is -0.0000569. The van der Waals surface area contributed by atoms with E-state index in [2.05, 4.69) is 20.5 Å². The van der Waals surface area contributed by atoms with Gasteiger partial charge in [0, 0.05) is 18.3 Å². The number of aromatic amines is 1. The van der Waals surface area contributed by atoms with Gasteiger partial charge in [-0.15, -0.1) is 0 Å². The van der Waals surface area contributed by atoms with E-state index in [-0.39, 0.29) is 12.1 Å². The Labute approximate surface area is 129 Å². The molecule has 2 N–H and O–H groups in total. The predicted molar refractivity (Wildman–Crippen MR) is 80.1 cm³/mol. The zero-order valence-electron chi connectivity index (χ0n) is 12.9. The third kappa shape index (κ3) is 2.98. The lowest BCUT2D eigenvalue weighted by atomic mass is 9.98. The van der Waals surface area contributed by atoms with Crippen LogP contribution in [0.1, 0.15) is 48.2 Å². The van der Waals surface area contributed by atoms with Crippen LogP contribution in [0.3, 0.4) is 0 Å². The van der Waals surface area contributed by atoms with Gasteiger partial charge in [-0.25, -0.2) is 9.78 Å². The number of H-pyrrole nitrogens is 1. The van der Waals surface area contributed by atoms with E-state index in [0.29, 0.717) is 12.4 Å². The number of likely N-dealkylation sites (tertiary alicyclic amines) is 1. The van der Waals surface area contributed by atoms with E-state index < -0.39 is 0 Å². The van der Waals surface area contributed by atoms with Crippen LogP contribution < -0.4 is 5.32 Å². The molecule has 7 nitrogen and oxygen atoms in total. The van der Waals surface area contributed by atoms with Crippen LogP contribution in [0.2, 0.25) is 0 Å².